The van der Waals surface area contributed by atoms with Crippen LogP contribution < -0.4 is 0 Å². The summed E-state index contributed by atoms with van der Waals surface area (Å²) in [5, 5.41) is 17.6. The van der Waals surface area contributed by atoms with E-state index in [0.717, 1.165) is 0 Å². The summed E-state index contributed by atoms with van der Waals surface area (Å²) in [6.07, 6.45) is 0.331. The highest BCUT2D eigenvalue weighted by atomic mass is 19.1. The average Bonchev–Trinajstić information content (AvgIpc) is 1.95. The van der Waals surface area contributed by atoms with E-state index < -0.39 is 18.7 Å². The number of hydrogen-bond donors (Lipinski definition) is 2. The van der Waals surface area contributed by atoms with Crippen LogP contribution in [0.2, 0.25) is 0 Å². The number of hydrogen-bond acceptors (Lipinski definition) is 3. The van der Waals surface area contributed by atoms with Gasteiger partial charge in [0.05, 0.1) is 0 Å². The maximum absolute atomic E-state index is 13.0. The van der Waals surface area contributed by atoms with Crippen LogP contribution >= 0.6 is 0 Å². The van der Waals surface area contributed by atoms with Crippen molar-refractivity contribution in [1.29, 1.82) is 0 Å². The molecular formula is C8H12BFO3. The van der Waals surface area contributed by atoms with Gasteiger partial charge in [-0.1, -0.05) is 13.8 Å². The summed E-state index contributed by atoms with van der Waals surface area (Å²) >= 11 is 0. The molecule has 0 aliphatic heterocycles. The third-order valence-corrected chi connectivity index (χ3v) is 2.15. The molecule has 0 saturated heterocycles. The molecule has 0 bridgehead atoms. The molecule has 0 aromatic rings. The molecule has 0 saturated carbocycles. The fraction of sp³-hybridized carbons (Fsp3) is 0.625. The number of allylic oxidation sites excluding steroid dienone is 2. The van der Waals surface area contributed by atoms with Crippen molar-refractivity contribution in [2.45, 2.75) is 26.7 Å². The van der Waals surface area contributed by atoms with E-state index in [9.17, 15) is 9.18 Å². The van der Waals surface area contributed by atoms with Gasteiger partial charge in [-0.15, -0.1) is 0 Å². The monoisotopic (exact) mass is 186 g/mol. The minimum atomic E-state index is -1.86. The molecule has 0 aromatic carbocycles. The third-order valence-electron chi connectivity index (χ3n) is 2.15. The SMILES string of the molecule is CC1(C)CC(=O)C(F)=C(B(O)O)C1. The Morgan fingerprint density at radius 2 is 1.92 bits per heavy atom. The lowest BCUT2D eigenvalue weighted by Gasteiger charge is -2.29. The first-order valence-corrected chi connectivity index (χ1v) is 4.11. The van der Waals surface area contributed by atoms with Crippen LogP contribution in [0.1, 0.15) is 26.7 Å². The Bertz CT molecular complexity index is 271. The van der Waals surface area contributed by atoms with Crippen molar-refractivity contribution < 1.29 is 19.2 Å². The van der Waals surface area contributed by atoms with Gasteiger partial charge in [0.15, 0.2) is 11.6 Å². The predicted molar refractivity (Wildman–Crippen MR) is 46.3 cm³/mol. The summed E-state index contributed by atoms with van der Waals surface area (Å²) in [5.74, 6) is -1.62. The molecule has 0 radical (unpaired) electrons. The molecule has 1 aliphatic carbocycles. The molecule has 0 unspecified atom stereocenters. The van der Waals surface area contributed by atoms with Gasteiger partial charge >= 0.3 is 7.12 Å². The smallest absolute Gasteiger partial charge is 0.423 e. The first-order chi connectivity index (χ1) is 5.83. The second-order valence-electron chi connectivity index (χ2n) is 4.15. The summed E-state index contributed by atoms with van der Waals surface area (Å²) in [5.41, 5.74) is -0.577. The standard InChI is InChI=1S/C8H12BFO3/c1-8(2)3-5(9(12)13)7(10)6(11)4-8/h12-13H,3-4H2,1-2H3. The van der Waals surface area contributed by atoms with Crippen LogP contribution in [0.15, 0.2) is 11.3 Å². The zero-order chi connectivity index (χ0) is 10.2. The minimum absolute atomic E-state index is 0.120. The van der Waals surface area contributed by atoms with Crippen molar-refractivity contribution in [3.63, 3.8) is 0 Å². The van der Waals surface area contributed by atoms with E-state index in [0.29, 0.717) is 0 Å². The maximum Gasteiger partial charge on any atom is 0.487 e. The fourth-order valence-corrected chi connectivity index (χ4v) is 1.55. The van der Waals surface area contributed by atoms with Gasteiger partial charge in [-0.25, -0.2) is 4.39 Å². The summed E-state index contributed by atoms with van der Waals surface area (Å²) in [6, 6.07) is 0. The van der Waals surface area contributed by atoms with E-state index in [-0.39, 0.29) is 23.7 Å². The molecule has 3 nitrogen and oxygen atoms in total. The minimum Gasteiger partial charge on any atom is -0.423 e. The molecule has 0 amide bonds. The van der Waals surface area contributed by atoms with E-state index in [4.69, 9.17) is 10.0 Å². The Labute approximate surface area is 76.4 Å². The molecule has 0 spiro atoms. The highest BCUT2D eigenvalue weighted by molar-refractivity contribution is 6.51. The lowest BCUT2D eigenvalue weighted by atomic mass is 9.65. The Hall–Kier alpha value is -0.675. The number of carbonyl (C=O) groups excluding carboxylic acids is 1. The Balaban J connectivity index is 3.03. The van der Waals surface area contributed by atoms with Gasteiger partial charge in [-0.2, -0.15) is 0 Å². The van der Waals surface area contributed by atoms with Crippen molar-refractivity contribution in [2.24, 2.45) is 5.41 Å². The van der Waals surface area contributed by atoms with E-state index >= 15 is 0 Å². The molecule has 5 heteroatoms. The zero-order valence-corrected chi connectivity index (χ0v) is 7.67. The van der Waals surface area contributed by atoms with Crippen molar-refractivity contribution >= 4 is 12.9 Å². The Morgan fingerprint density at radius 3 is 2.38 bits per heavy atom. The van der Waals surface area contributed by atoms with Gasteiger partial charge in [-0.05, 0) is 17.3 Å². The van der Waals surface area contributed by atoms with Gasteiger partial charge in [0.1, 0.15) is 0 Å². The average molecular weight is 186 g/mol. The van der Waals surface area contributed by atoms with Crippen LogP contribution in [0.5, 0.6) is 0 Å². The molecule has 72 valence electrons. The van der Waals surface area contributed by atoms with Gasteiger partial charge in [0.2, 0.25) is 0 Å². The van der Waals surface area contributed by atoms with E-state index in [1.54, 1.807) is 13.8 Å². The highest BCUT2D eigenvalue weighted by Crippen LogP contribution is 2.37. The van der Waals surface area contributed by atoms with Crippen molar-refractivity contribution in [2.75, 3.05) is 0 Å². The topological polar surface area (TPSA) is 57.5 Å². The van der Waals surface area contributed by atoms with Crippen LogP contribution in [-0.2, 0) is 4.79 Å². The fourth-order valence-electron chi connectivity index (χ4n) is 1.55. The van der Waals surface area contributed by atoms with Gasteiger partial charge < -0.3 is 10.0 Å². The van der Waals surface area contributed by atoms with Crippen molar-refractivity contribution in [3.8, 4) is 0 Å². The largest absolute Gasteiger partial charge is 0.487 e. The van der Waals surface area contributed by atoms with E-state index in [1.165, 1.54) is 0 Å². The van der Waals surface area contributed by atoms with Gasteiger partial charge in [0.25, 0.3) is 0 Å². The molecule has 2 N–H and O–H groups in total. The highest BCUT2D eigenvalue weighted by Gasteiger charge is 2.37. The third kappa shape index (κ3) is 2.17. The molecule has 1 aliphatic rings. The maximum atomic E-state index is 13.0. The Morgan fingerprint density at radius 1 is 1.38 bits per heavy atom. The number of ketones is 1. The van der Waals surface area contributed by atoms with Crippen LogP contribution in [0.25, 0.3) is 0 Å². The molecule has 0 aromatic heterocycles. The Kier molecular flexibility index (Phi) is 2.59. The van der Waals surface area contributed by atoms with Crippen molar-refractivity contribution in [3.05, 3.63) is 11.3 Å². The molecular weight excluding hydrogens is 174 g/mol. The lowest BCUT2D eigenvalue weighted by molar-refractivity contribution is -0.119. The van der Waals surface area contributed by atoms with E-state index in [1.807, 2.05) is 0 Å². The molecule has 0 fully saturated rings. The first-order valence-electron chi connectivity index (χ1n) is 4.11. The molecule has 0 heterocycles. The lowest BCUT2D eigenvalue weighted by Crippen LogP contribution is -2.31. The van der Waals surface area contributed by atoms with Crippen LogP contribution in [-0.4, -0.2) is 22.9 Å². The summed E-state index contributed by atoms with van der Waals surface area (Å²) in [7, 11) is -1.86. The normalized spacial score (nSPS) is 22.1. The summed E-state index contributed by atoms with van der Waals surface area (Å²) in [6.45, 7) is 3.58. The van der Waals surface area contributed by atoms with Crippen LogP contribution in [0.3, 0.4) is 0 Å². The predicted octanol–water partition coefficient (Wildman–Crippen LogP) is 0.611. The summed E-state index contributed by atoms with van der Waals surface area (Å²) in [4.78, 5) is 11.1. The zero-order valence-electron chi connectivity index (χ0n) is 7.67. The van der Waals surface area contributed by atoms with Crippen molar-refractivity contribution in [1.82, 2.24) is 0 Å². The number of carbonyl (C=O) groups is 1. The number of rotatable bonds is 1. The molecule has 13 heavy (non-hydrogen) atoms. The van der Waals surface area contributed by atoms with E-state index in [2.05, 4.69) is 0 Å². The first kappa shape index (κ1) is 10.4. The summed E-state index contributed by atoms with van der Waals surface area (Å²) < 4.78 is 13.0. The quantitative estimate of drug-likeness (QED) is 0.589. The molecule has 1 rings (SSSR count). The second kappa shape index (κ2) is 3.23. The number of Topliss-reactive ketones (excluding diaryl/α,β-unsaturated/α-hetero) is 1. The molecule has 0 atom stereocenters. The van der Waals surface area contributed by atoms with Crippen LogP contribution in [0, 0.1) is 5.41 Å². The van der Waals surface area contributed by atoms with Gasteiger partial charge in [-0.3, -0.25) is 4.79 Å². The second-order valence-corrected chi connectivity index (χ2v) is 4.15. The van der Waals surface area contributed by atoms with Gasteiger partial charge in [0, 0.05) is 6.42 Å². The number of halogens is 1. The van der Waals surface area contributed by atoms with Crippen LogP contribution in [0.4, 0.5) is 4.39 Å².